The molecule has 0 aliphatic carbocycles. The fourth-order valence-corrected chi connectivity index (χ4v) is 2.08. The molecule has 3 nitrogen and oxygen atoms in total. The van der Waals surface area contributed by atoms with E-state index in [9.17, 15) is 0 Å². The van der Waals surface area contributed by atoms with Crippen molar-refractivity contribution in [2.45, 2.75) is 39.7 Å². The van der Waals surface area contributed by atoms with Crippen LogP contribution in [0.15, 0.2) is 24.3 Å². The lowest BCUT2D eigenvalue weighted by atomic mass is 10.2. The summed E-state index contributed by atoms with van der Waals surface area (Å²) < 4.78 is 5.83. The Morgan fingerprint density at radius 1 is 1.15 bits per heavy atom. The van der Waals surface area contributed by atoms with Crippen LogP contribution in [0.1, 0.15) is 38.7 Å². The maximum absolute atomic E-state index is 5.83. The van der Waals surface area contributed by atoms with Crippen molar-refractivity contribution < 1.29 is 4.74 Å². The van der Waals surface area contributed by atoms with Crippen molar-refractivity contribution in [3.63, 3.8) is 0 Å². The topological polar surface area (TPSA) is 24.5 Å². The maximum Gasteiger partial charge on any atom is 0.119 e. The molecule has 0 amide bonds. The molecule has 0 aromatic heterocycles. The zero-order valence-corrected chi connectivity index (χ0v) is 13.3. The molecule has 0 bridgehead atoms. The van der Waals surface area contributed by atoms with E-state index in [1.165, 1.54) is 24.8 Å². The summed E-state index contributed by atoms with van der Waals surface area (Å²) in [5, 5.41) is 3.33. The Morgan fingerprint density at radius 2 is 2.00 bits per heavy atom. The van der Waals surface area contributed by atoms with Crippen molar-refractivity contribution >= 4 is 0 Å². The minimum atomic E-state index is 0.757. The molecule has 0 heterocycles. The third-order valence-electron chi connectivity index (χ3n) is 3.36. The second-order valence-corrected chi connectivity index (χ2v) is 5.29. The van der Waals surface area contributed by atoms with Gasteiger partial charge in [0.15, 0.2) is 0 Å². The van der Waals surface area contributed by atoms with Crippen LogP contribution in [0.5, 0.6) is 5.75 Å². The molecule has 114 valence electrons. The summed E-state index contributed by atoms with van der Waals surface area (Å²) in [6.07, 6.45) is 3.88. The monoisotopic (exact) mass is 278 g/mol. The first-order valence-electron chi connectivity index (χ1n) is 7.87. The first-order valence-corrected chi connectivity index (χ1v) is 7.87. The molecule has 20 heavy (non-hydrogen) atoms. The molecule has 0 unspecified atom stereocenters. The third-order valence-corrected chi connectivity index (χ3v) is 3.36. The van der Waals surface area contributed by atoms with Gasteiger partial charge in [-0.2, -0.15) is 0 Å². The lowest BCUT2D eigenvalue weighted by Crippen LogP contribution is -2.25. The molecule has 0 fully saturated rings. The van der Waals surface area contributed by atoms with Crippen LogP contribution in [0, 0.1) is 0 Å². The fraction of sp³-hybridized carbons (Fsp3) is 0.647. The van der Waals surface area contributed by atoms with Crippen LogP contribution in [0.2, 0.25) is 0 Å². The second-order valence-electron chi connectivity index (χ2n) is 5.29. The standard InChI is InChI=1S/C17H30N2O/c1-4-6-7-11-19(3)12-13-20-17-10-8-9-16(14-17)15-18-5-2/h8-10,14,18H,4-7,11-13,15H2,1-3H3. The highest BCUT2D eigenvalue weighted by Crippen LogP contribution is 2.13. The molecule has 0 radical (unpaired) electrons. The van der Waals surface area contributed by atoms with Gasteiger partial charge in [-0.1, -0.05) is 38.8 Å². The summed E-state index contributed by atoms with van der Waals surface area (Å²) in [5.74, 6) is 0.974. The normalized spacial score (nSPS) is 11.0. The van der Waals surface area contributed by atoms with Crippen LogP contribution in [0.4, 0.5) is 0 Å². The van der Waals surface area contributed by atoms with E-state index in [1.54, 1.807) is 0 Å². The Bertz CT molecular complexity index is 355. The fourth-order valence-electron chi connectivity index (χ4n) is 2.08. The average Bonchev–Trinajstić information content (AvgIpc) is 2.46. The van der Waals surface area contributed by atoms with Crippen LogP contribution in [0.25, 0.3) is 0 Å². The molecule has 0 atom stereocenters. The Balaban J connectivity index is 2.23. The Morgan fingerprint density at radius 3 is 2.75 bits per heavy atom. The van der Waals surface area contributed by atoms with Gasteiger partial charge in [0, 0.05) is 13.1 Å². The highest BCUT2D eigenvalue weighted by atomic mass is 16.5. The Labute approximate surface area is 124 Å². The molecule has 0 aliphatic rings. The molecular formula is C17H30N2O. The predicted molar refractivity (Wildman–Crippen MR) is 86.3 cm³/mol. The van der Waals surface area contributed by atoms with Crippen LogP contribution < -0.4 is 10.1 Å². The van der Waals surface area contributed by atoms with Crippen molar-refractivity contribution in [1.82, 2.24) is 10.2 Å². The summed E-state index contributed by atoms with van der Waals surface area (Å²) in [6.45, 7) is 9.17. The number of benzene rings is 1. The van der Waals surface area contributed by atoms with Gasteiger partial charge in [0.2, 0.25) is 0 Å². The smallest absolute Gasteiger partial charge is 0.119 e. The average molecular weight is 278 g/mol. The summed E-state index contributed by atoms with van der Waals surface area (Å²) in [4.78, 5) is 2.35. The molecule has 1 aromatic carbocycles. The molecule has 0 saturated heterocycles. The number of unbranched alkanes of at least 4 members (excludes halogenated alkanes) is 2. The summed E-state index contributed by atoms with van der Waals surface area (Å²) in [7, 11) is 2.17. The lowest BCUT2D eigenvalue weighted by molar-refractivity contribution is 0.234. The van der Waals surface area contributed by atoms with Crippen LogP contribution in [0.3, 0.4) is 0 Å². The van der Waals surface area contributed by atoms with Gasteiger partial charge in [0.1, 0.15) is 12.4 Å². The van der Waals surface area contributed by atoms with Crippen molar-refractivity contribution in [2.24, 2.45) is 0 Å². The van der Waals surface area contributed by atoms with Crippen molar-refractivity contribution in [1.29, 1.82) is 0 Å². The SMILES string of the molecule is CCCCCN(C)CCOc1cccc(CNCC)c1. The number of nitrogens with one attached hydrogen (secondary N) is 1. The van der Waals surface area contributed by atoms with E-state index in [-0.39, 0.29) is 0 Å². The molecule has 1 rings (SSSR count). The van der Waals surface area contributed by atoms with E-state index < -0.39 is 0 Å². The largest absolute Gasteiger partial charge is 0.492 e. The van der Waals surface area contributed by atoms with Gasteiger partial charge in [-0.15, -0.1) is 0 Å². The number of hydrogen-bond donors (Lipinski definition) is 1. The molecule has 0 saturated carbocycles. The molecule has 1 aromatic rings. The van der Waals surface area contributed by atoms with Crippen LogP contribution >= 0.6 is 0 Å². The van der Waals surface area contributed by atoms with Gasteiger partial charge in [-0.25, -0.2) is 0 Å². The van der Waals surface area contributed by atoms with E-state index in [0.29, 0.717) is 0 Å². The summed E-state index contributed by atoms with van der Waals surface area (Å²) in [5.41, 5.74) is 1.28. The molecule has 3 heteroatoms. The Kier molecular flexibility index (Phi) is 9.09. The van der Waals surface area contributed by atoms with Gasteiger partial charge >= 0.3 is 0 Å². The minimum absolute atomic E-state index is 0.757. The predicted octanol–water partition coefficient (Wildman–Crippen LogP) is 3.30. The van der Waals surface area contributed by atoms with Crippen molar-refractivity contribution in [2.75, 3.05) is 33.3 Å². The highest BCUT2D eigenvalue weighted by molar-refractivity contribution is 5.28. The number of nitrogens with zero attached hydrogens (tertiary/aromatic N) is 1. The van der Waals surface area contributed by atoms with Gasteiger partial charge < -0.3 is 15.0 Å². The number of likely N-dealkylation sites (N-methyl/N-ethyl adjacent to an activating group) is 1. The highest BCUT2D eigenvalue weighted by Gasteiger charge is 2.00. The second kappa shape index (κ2) is 10.7. The van der Waals surface area contributed by atoms with Crippen molar-refractivity contribution in [3.8, 4) is 5.75 Å². The zero-order chi connectivity index (χ0) is 14.6. The third kappa shape index (κ3) is 7.51. The summed E-state index contributed by atoms with van der Waals surface area (Å²) in [6, 6.07) is 8.35. The molecule has 0 aliphatic heterocycles. The molecular weight excluding hydrogens is 248 g/mol. The van der Waals surface area contributed by atoms with E-state index in [4.69, 9.17) is 4.74 Å². The maximum atomic E-state index is 5.83. The first-order chi connectivity index (χ1) is 9.76. The Hall–Kier alpha value is -1.06. The number of ether oxygens (including phenoxy) is 1. The van der Waals surface area contributed by atoms with Crippen molar-refractivity contribution in [3.05, 3.63) is 29.8 Å². The van der Waals surface area contributed by atoms with E-state index >= 15 is 0 Å². The number of rotatable bonds is 11. The minimum Gasteiger partial charge on any atom is -0.492 e. The quantitative estimate of drug-likeness (QED) is 0.629. The molecule has 1 N–H and O–H groups in total. The van der Waals surface area contributed by atoms with Gasteiger partial charge in [-0.3, -0.25) is 0 Å². The van der Waals surface area contributed by atoms with Crippen LogP contribution in [-0.4, -0.2) is 38.2 Å². The number of hydrogen-bond acceptors (Lipinski definition) is 3. The van der Waals surface area contributed by atoms with Gasteiger partial charge in [0.05, 0.1) is 0 Å². The van der Waals surface area contributed by atoms with Gasteiger partial charge in [0.25, 0.3) is 0 Å². The van der Waals surface area contributed by atoms with E-state index in [0.717, 1.165) is 38.5 Å². The summed E-state index contributed by atoms with van der Waals surface area (Å²) >= 11 is 0. The molecule has 0 spiro atoms. The van der Waals surface area contributed by atoms with E-state index in [2.05, 4.69) is 49.3 Å². The van der Waals surface area contributed by atoms with E-state index in [1.807, 2.05) is 6.07 Å². The van der Waals surface area contributed by atoms with Crippen LogP contribution in [-0.2, 0) is 6.54 Å². The first kappa shape index (κ1) is 17.0. The lowest BCUT2D eigenvalue weighted by Gasteiger charge is -2.17. The van der Waals surface area contributed by atoms with Gasteiger partial charge in [-0.05, 0) is 44.3 Å². The zero-order valence-electron chi connectivity index (χ0n) is 13.3.